The van der Waals surface area contributed by atoms with Gasteiger partial charge in [-0.2, -0.15) is 0 Å². The van der Waals surface area contributed by atoms with Gasteiger partial charge >= 0.3 is 0 Å². The SMILES string of the molecule is Cc1cc(CN)cc(Cl)n1.Cl.Cl. The highest BCUT2D eigenvalue weighted by Crippen LogP contribution is 2.08. The molecular weight excluding hydrogens is 218 g/mol. The van der Waals surface area contributed by atoms with Crippen LogP contribution in [0.25, 0.3) is 0 Å². The molecule has 1 heterocycles. The van der Waals surface area contributed by atoms with Gasteiger partial charge in [-0.3, -0.25) is 0 Å². The van der Waals surface area contributed by atoms with E-state index < -0.39 is 0 Å². The third kappa shape index (κ3) is 4.12. The lowest BCUT2D eigenvalue weighted by atomic mass is 10.2. The average molecular weight is 230 g/mol. The zero-order valence-corrected chi connectivity index (χ0v) is 8.97. The van der Waals surface area contributed by atoms with Gasteiger partial charge in [0.25, 0.3) is 0 Å². The van der Waals surface area contributed by atoms with Gasteiger partial charge in [0.05, 0.1) is 0 Å². The Labute approximate surface area is 89.3 Å². The number of pyridine rings is 1. The average Bonchev–Trinajstić information content (AvgIpc) is 1.85. The maximum Gasteiger partial charge on any atom is 0.129 e. The highest BCUT2D eigenvalue weighted by Gasteiger charge is 1.94. The van der Waals surface area contributed by atoms with Crippen LogP contribution in [0.2, 0.25) is 5.15 Å². The van der Waals surface area contributed by atoms with Crippen molar-refractivity contribution in [1.82, 2.24) is 4.98 Å². The first-order valence-electron chi connectivity index (χ1n) is 3.05. The summed E-state index contributed by atoms with van der Waals surface area (Å²) < 4.78 is 0. The highest BCUT2D eigenvalue weighted by atomic mass is 35.5. The second-order valence-electron chi connectivity index (χ2n) is 2.14. The summed E-state index contributed by atoms with van der Waals surface area (Å²) in [6, 6.07) is 3.69. The Morgan fingerprint density at radius 1 is 1.42 bits per heavy atom. The van der Waals surface area contributed by atoms with Gasteiger partial charge in [0.2, 0.25) is 0 Å². The first-order chi connectivity index (χ1) is 4.72. The standard InChI is InChI=1S/C7H9ClN2.2ClH/c1-5-2-6(4-9)3-7(8)10-5;;/h2-3H,4,9H2,1H3;2*1H. The first kappa shape index (κ1) is 14.5. The largest absolute Gasteiger partial charge is 0.326 e. The first-order valence-corrected chi connectivity index (χ1v) is 3.43. The van der Waals surface area contributed by atoms with Gasteiger partial charge in [-0.1, -0.05) is 11.6 Å². The number of halogens is 3. The number of aromatic nitrogens is 1. The van der Waals surface area contributed by atoms with Gasteiger partial charge < -0.3 is 5.73 Å². The minimum atomic E-state index is 0. The van der Waals surface area contributed by atoms with Crippen LogP contribution in [0.4, 0.5) is 0 Å². The molecule has 2 N–H and O–H groups in total. The van der Waals surface area contributed by atoms with Crippen LogP contribution in [0, 0.1) is 6.92 Å². The van der Waals surface area contributed by atoms with Gasteiger partial charge in [0.1, 0.15) is 5.15 Å². The molecule has 0 spiro atoms. The lowest BCUT2D eigenvalue weighted by Gasteiger charge is -1.98. The highest BCUT2D eigenvalue weighted by molar-refractivity contribution is 6.29. The summed E-state index contributed by atoms with van der Waals surface area (Å²) >= 11 is 5.66. The van der Waals surface area contributed by atoms with Crippen LogP contribution >= 0.6 is 36.4 Å². The number of rotatable bonds is 1. The summed E-state index contributed by atoms with van der Waals surface area (Å²) in [5.74, 6) is 0. The van der Waals surface area contributed by atoms with Crippen LogP contribution in [0.15, 0.2) is 12.1 Å². The van der Waals surface area contributed by atoms with Crippen molar-refractivity contribution in [1.29, 1.82) is 0 Å². The molecule has 0 saturated heterocycles. The van der Waals surface area contributed by atoms with E-state index in [4.69, 9.17) is 17.3 Å². The van der Waals surface area contributed by atoms with Crippen LogP contribution in [0.1, 0.15) is 11.3 Å². The fourth-order valence-electron chi connectivity index (χ4n) is 0.814. The summed E-state index contributed by atoms with van der Waals surface area (Å²) in [6.07, 6.45) is 0. The van der Waals surface area contributed by atoms with E-state index in [1.807, 2.05) is 13.0 Å². The second kappa shape index (κ2) is 6.49. The Bertz CT molecular complexity index is 220. The van der Waals surface area contributed by atoms with Gasteiger partial charge in [0.15, 0.2) is 0 Å². The molecule has 70 valence electrons. The lowest BCUT2D eigenvalue weighted by molar-refractivity contribution is 1.04. The van der Waals surface area contributed by atoms with Crippen LogP contribution in [0.5, 0.6) is 0 Å². The van der Waals surface area contributed by atoms with Crippen LogP contribution < -0.4 is 5.73 Å². The molecular formula is C7H11Cl3N2. The van der Waals surface area contributed by atoms with Crippen molar-refractivity contribution < 1.29 is 0 Å². The molecule has 0 bridgehead atoms. The fourth-order valence-corrected chi connectivity index (χ4v) is 1.09. The maximum atomic E-state index is 5.66. The molecule has 1 aromatic heterocycles. The molecule has 2 nitrogen and oxygen atoms in total. The zero-order valence-electron chi connectivity index (χ0n) is 6.58. The minimum absolute atomic E-state index is 0. The number of nitrogens with two attached hydrogens (primary N) is 1. The summed E-state index contributed by atoms with van der Waals surface area (Å²) in [6.45, 7) is 2.41. The van der Waals surface area contributed by atoms with E-state index in [2.05, 4.69) is 4.98 Å². The number of hydrogen-bond acceptors (Lipinski definition) is 2. The van der Waals surface area contributed by atoms with E-state index >= 15 is 0 Å². The summed E-state index contributed by atoms with van der Waals surface area (Å²) in [7, 11) is 0. The third-order valence-electron chi connectivity index (χ3n) is 1.22. The van der Waals surface area contributed by atoms with E-state index in [0.29, 0.717) is 11.7 Å². The predicted octanol–water partition coefficient (Wildman–Crippen LogP) is 2.35. The molecule has 0 atom stereocenters. The lowest BCUT2D eigenvalue weighted by Crippen LogP contribution is -1.97. The molecule has 0 aromatic carbocycles. The molecule has 0 amide bonds. The molecule has 0 radical (unpaired) electrons. The number of nitrogens with zero attached hydrogens (tertiary/aromatic N) is 1. The Kier molecular flexibility index (Phi) is 7.84. The van der Waals surface area contributed by atoms with Crippen LogP contribution in [-0.2, 0) is 6.54 Å². The molecule has 0 saturated carbocycles. The predicted molar refractivity (Wildman–Crippen MR) is 56.4 cm³/mol. The molecule has 1 aromatic rings. The third-order valence-corrected chi connectivity index (χ3v) is 1.41. The van der Waals surface area contributed by atoms with Crippen LogP contribution in [-0.4, -0.2) is 4.98 Å². The zero-order chi connectivity index (χ0) is 7.56. The van der Waals surface area contributed by atoms with E-state index in [0.717, 1.165) is 11.3 Å². The Hall–Kier alpha value is -0.0200. The molecule has 0 aliphatic rings. The molecule has 0 fully saturated rings. The summed E-state index contributed by atoms with van der Waals surface area (Å²) in [5.41, 5.74) is 7.34. The second-order valence-corrected chi connectivity index (χ2v) is 2.53. The molecule has 0 aliphatic heterocycles. The normalized spacial score (nSPS) is 8.25. The van der Waals surface area contributed by atoms with E-state index in [1.54, 1.807) is 6.07 Å². The van der Waals surface area contributed by atoms with Crippen molar-refractivity contribution in [2.75, 3.05) is 0 Å². The summed E-state index contributed by atoms with van der Waals surface area (Å²) in [4.78, 5) is 3.99. The molecule has 1 rings (SSSR count). The molecule has 0 unspecified atom stereocenters. The van der Waals surface area contributed by atoms with E-state index in [-0.39, 0.29) is 24.8 Å². The Morgan fingerprint density at radius 2 is 2.00 bits per heavy atom. The van der Waals surface area contributed by atoms with Crippen LogP contribution in [0.3, 0.4) is 0 Å². The van der Waals surface area contributed by atoms with Gasteiger partial charge in [-0.05, 0) is 24.6 Å². The van der Waals surface area contributed by atoms with Crippen molar-refractivity contribution in [3.05, 3.63) is 28.5 Å². The van der Waals surface area contributed by atoms with Crippen molar-refractivity contribution in [2.24, 2.45) is 5.73 Å². The van der Waals surface area contributed by atoms with E-state index in [9.17, 15) is 0 Å². The minimum Gasteiger partial charge on any atom is -0.326 e. The topological polar surface area (TPSA) is 38.9 Å². The van der Waals surface area contributed by atoms with Gasteiger partial charge in [0, 0.05) is 12.2 Å². The molecule has 12 heavy (non-hydrogen) atoms. The Balaban J connectivity index is 0. The summed E-state index contributed by atoms with van der Waals surface area (Å²) in [5, 5.41) is 0.514. The molecule has 5 heteroatoms. The number of aryl methyl sites for hydroxylation is 1. The quantitative estimate of drug-likeness (QED) is 0.751. The molecule has 0 aliphatic carbocycles. The maximum absolute atomic E-state index is 5.66. The number of hydrogen-bond donors (Lipinski definition) is 1. The fraction of sp³-hybridized carbons (Fsp3) is 0.286. The van der Waals surface area contributed by atoms with Gasteiger partial charge in [-0.15, -0.1) is 24.8 Å². The van der Waals surface area contributed by atoms with Crippen molar-refractivity contribution in [2.45, 2.75) is 13.5 Å². The van der Waals surface area contributed by atoms with Gasteiger partial charge in [-0.25, -0.2) is 4.98 Å². The van der Waals surface area contributed by atoms with Crippen molar-refractivity contribution >= 4 is 36.4 Å². The monoisotopic (exact) mass is 228 g/mol. The van der Waals surface area contributed by atoms with E-state index in [1.165, 1.54) is 0 Å². The smallest absolute Gasteiger partial charge is 0.129 e. The Morgan fingerprint density at radius 3 is 2.42 bits per heavy atom. The van der Waals surface area contributed by atoms with Crippen molar-refractivity contribution in [3.63, 3.8) is 0 Å². The van der Waals surface area contributed by atoms with Crippen molar-refractivity contribution in [3.8, 4) is 0 Å².